The fraction of sp³-hybridized carbons (Fsp3) is 0.746. The fourth-order valence-electron chi connectivity index (χ4n) is 12.3. The van der Waals surface area contributed by atoms with E-state index in [0.29, 0.717) is 6.54 Å². The number of ether oxygens (including phenoxy) is 13. The van der Waals surface area contributed by atoms with Gasteiger partial charge in [-0.1, -0.05) is 60.5 Å². The number of nitrogens with zero attached hydrogens (tertiary/aromatic N) is 8. The maximum absolute atomic E-state index is 16.0. The summed E-state index contributed by atoms with van der Waals surface area (Å²) in [4.78, 5) is 107. The minimum atomic E-state index is -2.05. The molecule has 0 amide bonds. The van der Waals surface area contributed by atoms with Gasteiger partial charge in [-0.3, -0.25) is 14.4 Å². The highest BCUT2D eigenvalue weighted by atomic mass is 16.7. The number of rotatable bonds is 23. The molecule has 0 spiro atoms. The average molecular weight is 1290 g/mol. The van der Waals surface area contributed by atoms with Crippen LogP contribution >= 0.6 is 0 Å². The number of hydrogen-bond donors (Lipinski definition) is 0. The molecule has 6 heterocycles. The number of esters is 2. The van der Waals surface area contributed by atoms with Crippen LogP contribution in [0.3, 0.4) is 0 Å². The molecule has 3 aliphatic heterocycles. The average Bonchev–Trinajstić information content (AvgIpc) is 1.53. The van der Waals surface area contributed by atoms with Crippen molar-refractivity contribution in [1.82, 2.24) is 33.6 Å². The second kappa shape index (κ2) is 34.1. The summed E-state index contributed by atoms with van der Waals surface area (Å²) in [5.41, 5.74) is -1.78. The van der Waals surface area contributed by atoms with Crippen LogP contribution in [-0.2, 0) is 80.8 Å². The molecule has 28 heteroatoms. The molecule has 0 saturated carbocycles. The third kappa shape index (κ3) is 19.2. The molecule has 91 heavy (non-hydrogen) atoms. The molecule has 0 N–H and O–H groups in total. The van der Waals surface area contributed by atoms with Crippen molar-refractivity contribution in [3.8, 4) is 0 Å². The van der Waals surface area contributed by atoms with Crippen LogP contribution in [0.2, 0.25) is 0 Å². The number of aromatic nitrogens is 6. The zero-order chi connectivity index (χ0) is 67.0. The van der Waals surface area contributed by atoms with E-state index in [9.17, 15) is 19.2 Å². The van der Waals surface area contributed by atoms with Gasteiger partial charge < -0.3 is 71.3 Å². The number of methoxy groups -OCH3 is 2. The number of ketones is 1. The van der Waals surface area contributed by atoms with E-state index in [-0.39, 0.29) is 56.4 Å². The topological polar surface area (TPSA) is 301 Å². The van der Waals surface area contributed by atoms with Crippen LogP contribution in [0, 0.1) is 41.4 Å². The molecule has 3 fully saturated rings. The van der Waals surface area contributed by atoms with Crippen molar-refractivity contribution < 1.29 is 95.2 Å². The third-order valence-electron chi connectivity index (χ3n) is 17.5. The van der Waals surface area contributed by atoms with Crippen LogP contribution in [0.15, 0.2) is 61.3 Å². The molecular weight excluding hydrogens is 1190 g/mol. The highest BCUT2D eigenvalue weighted by molar-refractivity contribution is 5.92. The lowest BCUT2D eigenvalue weighted by atomic mass is 9.74. The first kappa shape index (κ1) is 73.8. The summed E-state index contributed by atoms with van der Waals surface area (Å²) in [6, 6.07) is 0.254. The van der Waals surface area contributed by atoms with Crippen molar-refractivity contribution in [1.29, 1.82) is 0 Å². The van der Waals surface area contributed by atoms with E-state index in [0.717, 1.165) is 15.6 Å². The highest BCUT2D eigenvalue weighted by Gasteiger charge is 2.53. The maximum atomic E-state index is 16.0. The van der Waals surface area contributed by atoms with Gasteiger partial charge in [-0.2, -0.15) is 0 Å². The Labute approximate surface area is 533 Å². The van der Waals surface area contributed by atoms with Gasteiger partial charge in [0.05, 0.1) is 49.0 Å². The zero-order valence-electron chi connectivity index (χ0n) is 56.0. The Morgan fingerprint density at radius 3 is 1.89 bits per heavy atom. The number of oxime groups is 1. The lowest BCUT2D eigenvalue weighted by Gasteiger charge is -2.45. The van der Waals surface area contributed by atoms with Crippen molar-refractivity contribution in [2.75, 3.05) is 48.3 Å². The fourth-order valence-corrected chi connectivity index (χ4v) is 12.3. The zero-order valence-corrected chi connectivity index (χ0v) is 56.0. The Morgan fingerprint density at radius 1 is 0.725 bits per heavy atom. The van der Waals surface area contributed by atoms with Crippen LogP contribution in [0.4, 0.5) is 14.4 Å². The number of hydrogen-bond acceptors (Lipinski definition) is 25. The van der Waals surface area contributed by atoms with Crippen molar-refractivity contribution in [3.05, 3.63) is 56.2 Å². The normalized spacial score (nSPS) is 32.7. The number of carbonyl (C=O) groups excluding carboxylic acids is 6. The van der Waals surface area contributed by atoms with Crippen LogP contribution in [0.5, 0.6) is 0 Å². The molecule has 3 aromatic heterocycles. The molecule has 510 valence electrons. The predicted octanol–water partition coefficient (Wildman–Crippen LogP) is 7.58. The van der Waals surface area contributed by atoms with E-state index in [1.807, 2.05) is 27.8 Å². The Balaban J connectivity index is 1.48. The largest absolute Gasteiger partial charge is 0.461 e. The molecule has 5 unspecified atom stereocenters. The van der Waals surface area contributed by atoms with Gasteiger partial charge >= 0.3 is 30.2 Å². The molecule has 0 aromatic carbocycles. The first-order valence-corrected chi connectivity index (χ1v) is 31.4. The van der Waals surface area contributed by atoms with E-state index in [2.05, 4.69) is 38.9 Å². The number of carbonyl (C=O) groups is 6. The Kier molecular flexibility index (Phi) is 27.6. The Bertz CT molecular complexity index is 2790. The lowest BCUT2D eigenvalue weighted by molar-refractivity contribution is -0.304. The van der Waals surface area contributed by atoms with Gasteiger partial charge in [0, 0.05) is 94.6 Å². The Morgan fingerprint density at radius 2 is 1.33 bits per heavy atom. The SMILES string of the molecule is CCC(C)N(C)C[C@H](C)OCO[C@@H]1C(C)C(=O)O[C@H](C(C)COC2O[C@H](C)[C@@H](OC(=O)n3ccnc3)[C@@H](OC)[C@H]2OC)[C@H](C)[C@@H](OC(=O)CC(C)C)C(C)C(=O)[C@@](C)(OC(=O)n2ccnc2)C[C@H](C)[C@H](O[C@@H]2O[C@H](C)CC(=NOC)[C@H]2OC(=O)n2ccnc2)[C@H]1C. The van der Waals surface area contributed by atoms with Gasteiger partial charge in [0.1, 0.15) is 63.0 Å². The van der Waals surface area contributed by atoms with E-state index in [1.165, 1.54) is 89.0 Å². The van der Waals surface area contributed by atoms with Crippen LogP contribution in [0.25, 0.3) is 0 Å². The van der Waals surface area contributed by atoms with Crippen LogP contribution in [0.1, 0.15) is 123 Å². The summed E-state index contributed by atoms with van der Waals surface area (Å²) in [6.45, 7) is 25.1. The summed E-state index contributed by atoms with van der Waals surface area (Å²) in [5, 5.41) is 4.27. The van der Waals surface area contributed by atoms with Crippen LogP contribution < -0.4 is 0 Å². The van der Waals surface area contributed by atoms with Crippen LogP contribution in [-0.4, -0.2) is 215 Å². The molecule has 3 aliphatic rings. The summed E-state index contributed by atoms with van der Waals surface area (Å²) in [7, 11) is 6.24. The molecular formula is C63H98N8O20. The molecule has 0 radical (unpaired) electrons. The van der Waals surface area contributed by atoms with Gasteiger partial charge in [0.2, 0.25) is 6.29 Å². The van der Waals surface area contributed by atoms with Gasteiger partial charge in [-0.15, -0.1) is 0 Å². The predicted molar refractivity (Wildman–Crippen MR) is 325 cm³/mol. The second-order valence-corrected chi connectivity index (χ2v) is 25.2. The number of cyclic esters (lactones) is 1. The lowest BCUT2D eigenvalue weighted by Crippen LogP contribution is -2.60. The standard InChI is InChI=1S/C63H98N8O20/c1-19-38(6)68(15)29-40(8)82-34-83-50-41(9)48(88-59-53(46(67-80-18)27-39(7)84-59)90-61(76)70-24-21-65-32-70)36(4)28-63(14,91-62(77)71-25-22-66-33-71)56(73)43(11)51(86-47(72)26-35(2)3)42(10)49(87-57(74)44(50)12)37(5)30-81-58-55(79-17)54(78-16)52(45(13)85-58)89-60(75)69-23-20-64-31-69/h20-25,31-33,35-45,48-55,58-59H,19,26-30,34H2,1-18H3/t36-,37?,38?,39+,40-,41+,42-,43?,44?,45+,48-,49+,50-,51+,52+,53+,54+,55+,58?,59-,63-/m0/s1. The molecule has 3 saturated heterocycles. The van der Waals surface area contributed by atoms with E-state index >= 15 is 9.59 Å². The first-order chi connectivity index (χ1) is 43.2. The quantitative estimate of drug-likeness (QED) is 0.0382. The highest BCUT2D eigenvalue weighted by Crippen LogP contribution is 2.40. The maximum Gasteiger partial charge on any atom is 0.420 e. The summed E-state index contributed by atoms with van der Waals surface area (Å²) in [5.74, 6) is -8.13. The molecule has 0 aliphatic carbocycles. The van der Waals surface area contributed by atoms with Crippen molar-refractivity contribution in [2.45, 2.75) is 214 Å². The van der Waals surface area contributed by atoms with Crippen molar-refractivity contribution in [3.63, 3.8) is 0 Å². The third-order valence-corrected chi connectivity index (χ3v) is 17.5. The van der Waals surface area contributed by atoms with Crippen molar-refractivity contribution in [2.24, 2.45) is 46.6 Å². The molecule has 6 rings (SSSR count). The van der Waals surface area contributed by atoms with Gasteiger partial charge in [0.15, 0.2) is 29.9 Å². The summed E-state index contributed by atoms with van der Waals surface area (Å²) >= 11 is 0. The first-order valence-electron chi connectivity index (χ1n) is 31.4. The van der Waals surface area contributed by atoms with E-state index < -0.39 is 151 Å². The number of likely N-dealkylation sites (N-methyl/N-ethyl adjacent to an activating group) is 1. The Hall–Kier alpha value is -6.24. The van der Waals surface area contributed by atoms with E-state index in [4.69, 9.17) is 66.4 Å². The molecule has 21 atom stereocenters. The summed E-state index contributed by atoms with van der Waals surface area (Å²) < 4.78 is 86.6. The van der Waals surface area contributed by atoms with Gasteiger partial charge in [-0.05, 0) is 73.3 Å². The van der Waals surface area contributed by atoms with Gasteiger partial charge in [-0.25, -0.2) is 43.0 Å². The second-order valence-electron chi connectivity index (χ2n) is 25.2. The number of imidazole rings is 3. The minimum Gasteiger partial charge on any atom is -0.461 e. The van der Waals surface area contributed by atoms with E-state index in [1.54, 1.807) is 55.4 Å². The summed E-state index contributed by atoms with van der Waals surface area (Å²) in [6.07, 6.45) is -2.75. The molecule has 28 nitrogen and oxygen atoms in total. The molecule has 3 aromatic rings. The monoisotopic (exact) mass is 1290 g/mol. The molecule has 0 bridgehead atoms. The number of Topliss-reactive ketones (excluding diaryl/α,β-unsaturated/α-hetero) is 1. The van der Waals surface area contributed by atoms with Gasteiger partial charge in [0.25, 0.3) is 0 Å². The van der Waals surface area contributed by atoms with Crippen molar-refractivity contribution >= 4 is 41.7 Å². The minimum absolute atomic E-state index is 0.0368. The smallest absolute Gasteiger partial charge is 0.420 e.